The number of rotatable bonds is 5. The molecule has 0 saturated carbocycles. The van der Waals surface area contributed by atoms with Crippen molar-refractivity contribution in [1.82, 2.24) is 9.78 Å². The lowest BCUT2D eigenvalue weighted by molar-refractivity contribution is -0.119. The SMILES string of the molecule is CCCN(CC(F)(F)F)c1c(CN)c(C)nn1C. The minimum absolute atomic E-state index is 0.188. The number of aryl methyl sites for hydroxylation is 2. The maximum atomic E-state index is 12.6. The molecule has 0 aliphatic carbocycles. The van der Waals surface area contributed by atoms with Gasteiger partial charge in [0.2, 0.25) is 0 Å². The van der Waals surface area contributed by atoms with E-state index in [1.165, 1.54) is 9.58 Å². The number of nitrogens with zero attached hydrogens (tertiary/aromatic N) is 3. The van der Waals surface area contributed by atoms with Crippen molar-refractivity contribution in [1.29, 1.82) is 0 Å². The first kappa shape index (κ1) is 14.8. The Morgan fingerprint density at radius 3 is 2.44 bits per heavy atom. The minimum Gasteiger partial charge on any atom is -0.347 e. The summed E-state index contributed by atoms with van der Waals surface area (Å²) in [4.78, 5) is 1.29. The molecule has 0 fully saturated rings. The maximum absolute atomic E-state index is 12.6. The molecule has 7 heteroatoms. The Labute approximate surface area is 105 Å². The zero-order chi connectivity index (χ0) is 13.9. The molecule has 0 radical (unpaired) electrons. The molecule has 0 aliphatic heterocycles. The van der Waals surface area contributed by atoms with Gasteiger partial charge in [-0.25, -0.2) is 0 Å². The molecule has 1 rings (SSSR count). The number of aromatic nitrogens is 2. The molecular formula is C11H19F3N4. The van der Waals surface area contributed by atoms with Gasteiger partial charge in [-0.15, -0.1) is 0 Å². The van der Waals surface area contributed by atoms with Crippen molar-refractivity contribution >= 4 is 5.82 Å². The molecule has 0 unspecified atom stereocenters. The summed E-state index contributed by atoms with van der Waals surface area (Å²) in [6, 6.07) is 0. The van der Waals surface area contributed by atoms with Crippen LogP contribution < -0.4 is 10.6 Å². The third-order valence-corrected chi connectivity index (χ3v) is 2.68. The van der Waals surface area contributed by atoms with Crippen LogP contribution in [0.5, 0.6) is 0 Å². The monoisotopic (exact) mass is 264 g/mol. The summed E-state index contributed by atoms with van der Waals surface area (Å²) in [6.07, 6.45) is -3.61. The molecule has 1 aromatic heterocycles. The van der Waals surface area contributed by atoms with E-state index in [1.54, 1.807) is 14.0 Å². The molecule has 4 nitrogen and oxygen atoms in total. The van der Waals surface area contributed by atoms with Gasteiger partial charge in [0, 0.05) is 25.7 Å². The van der Waals surface area contributed by atoms with E-state index in [0.29, 0.717) is 30.0 Å². The van der Waals surface area contributed by atoms with E-state index >= 15 is 0 Å². The van der Waals surface area contributed by atoms with Crippen molar-refractivity contribution < 1.29 is 13.2 Å². The van der Waals surface area contributed by atoms with Crippen LogP contribution in [0.1, 0.15) is 24.6 Å². The van der Waals surface area contributed by atoms with Crippen LogP contribution in [-0.4, -0.2) is 29.0 Å². The summed E-state index contributed by atoms with van der Waals surface area (Å²) < 4.78 is 39.2. The molecule has 18 heavy (non-hydrogen) atoms. The fraction of sp³-hybridized carbons (Fsp3) is 0.727. The van der Waals surface area contributed by atoms with Crippen molar-refractivity contribution in [2.75, 3.05) is 18.0 Å². The van der Waals surface area contributed by atoms with Gasteiger partial charge in [0.15, 0.2) is 0 Å². The van der Waals surface area contributed by atoms with Gasteiger partial charge in [-0.1, -0.05) is 6.92 Å². The molecule has 1 heterocycles. The van der Waals surface area contributed by atoms with E-state index in [1.807, 2.05) is 6.92 Å². The highest BCUT2D eigenvalue weighted by Crippen LogP contribution is 2.26. The van der Waals surface area contributed by atoms with Crippen molar-refractivity contribution in [2.45, 2.75) is 33.0 Å². The Bertz CT molecular complexity index is 398. The summed E-state index contributed by atoms with van der Waals surface area (Å²) in [5, 5.41) is 4.14. The second kappa shape index (κ2) is 5.60. The number of hydrogen-bond acceptors (Lipinski definition) is 3. The average molecular weight is 264 g/mol. The maximum Gasteiger partial charge on any atom is 0.405 e. The predicted octanol–water partition coefficient (Wildman–Crippen LogP) is 1.97. The van der Waals surface area contributed by atoms with Gasteiger partial charge < -0.3 is 10.6 Å². The number of anilines is 1. The van der Waals surface area contributed by atoms with Crippen LogP contribution in [0.3, 0.4) is 0 Å². The van der Waals surface area contributed by atoms with E-state index in [9.17, 15) is 13.2 Å². The van der Waals surface area contributed by atoms with Gasteiger partial charge in [0.25, 0.3) is 0 Å². The fourth-order valence-electron chi connectivity index (χ4n) is 2.07. The zero-order valence-electron chi connectivity index (χ0n) is 10.9. The minimum atomic E-state index is -4.24. The van der Waals surface area contributed by atoms with E-state index in [0.717, 1.165) is 0 Å². The summed E-state index contributed by atoms with van der Waals surface area (Å²) in [5.74, 6) is 0.467. The third-order valence-electron chi connectivity index (χ3n) is 2.68. The summed E-state index contributed by atoms with van der Waals surface area (Å²) in [5.41, 5.74) is 6.96. The Morgan fingerprint density at radius 2 is 2.00 bits per heavy atom. The first-order valence-electron chi connectivity index (χ1n) is 5.84. The van der Waals surface area contributed by atoms with E-state index < -0.39 is 12.7 Å². The van der Waals surface area contributed by atoms with Crippen molar-refractivity contribution in [3.8, 4) is 0 Å². The van der Waals surface area contributed by atoms with Crippen molar-refractivity contribution in [3.05, 3.63) is 11.3 Å². The summed E-state index contributed by atoms with van der Waals surface area (Å²) in [7, 11) is 1.64. The molecule has 2 N–H and O–H groups in total. The highest BCUT2D eigenvalue weighted by atomic mass is 19.4. The average Bonchev–Trinajstić information content (AvgIpc) is 2.50. The number of hydrogen-bond donors (Lipinski definition) is 1. The lowest BCUT2D eigenvalue weighted by Gasteiger charge is -2.26. The lowest BCUT2D eigenvalue weighted by atomic mass is 10.2. The standard InChI is InChI=1S/C11H19F3N4/c1-4-5-18(7-11(12,13)14)10-9(6-15)8(2)16-17(10)3/h4-7,15H2,1-3H3. The van der Waals surface area contributed by atoms with E-state index in [2.05, 4.69) is 5.10 Å². The smallest absolute Gasteiger partial charge is 0.347 e. The molecule has 0 atom stereocenters. The first-order chi connectivity index (χ1) is 8.30. The Balaban J connectivity index is 3.12. The first-order valence-corrected chi connectivity index (χ1v) is 5.84. The molecule has 1 aromatic rings. The Hall–Kier alpha value is -1.24. The highest BCUT2D eigenvalue weighted by Gasteiger charge is 2.32. The van der Waals surface area contributed by atoms with Crippen LogP contribution in [0.4, 0.5) is 19.0 Å². The van der Waals surface area contributed by atoms with Gasteiger partial charge >= 0.3 is 6.18 Å². The molecule has 0 aromatic carbocycles. The van der Waals surface area contributed by atoms with Gasteiger partial charge in [-0.3, -0.25) is 4.68 Å². The second-order valence-electron chi connectivity index (χ2n) is 4.25. The summed E-state index contributed by atoms with van der Waals surface area (Å²) >= 11 is 0. The quantitative estimate of drug-likeness (QED) is 0.884. The van der Waals surface area contributed by atoms with Crippen LogP contribution in [0, 0.1) is 6.92 Å². The fourth-order valence-corrected chi connectivity index (χ4v) is 2.07. The van der Waals surface area contributed by atoms with E-state index in [4.69, 9.17) is 5.73 Å². The van der Waals surface area contributed by atoms with Crippen LogP contribution in [0.2, 0.25) is 0 Å². The number of halogens is 3. The van der Waals surface area contributed by atoms with E-state index in [-0.39, 0.29) is 6.54 Å². The van der Waals surface area contributed by atoms with Crippen molar-refractivity contribution in [3.63, 3.8) is 0 Å². The zero-order valence-corrected chi connectivity index (χ0v) is 10.9. The third kappa shape index (κ3) is 3.38. The molecule has 104 valence electrons. The molecule has 0 saturated heterocycles. The largest absolute Gasteiger partial charge is 0.405 e. The number of nitrogens with two attached hydrogens (primary N) is 1. The summed E-state index contributed by atoms with van der Waals surface area (Å²) in [6.45, 7) is 3.13. The molecule has 0 amide bonds. The topological polar surface area (TPSA) is 47.1 Å². The van der Waals surface area contributed by atoms with Gasteiger partial charge in [-0.05, 0) is 13.3 Å². The van der Waals surface area contributed by atoms with Gasteiger partial charge in [0.05, 0.1) is 5.69 Å². The molecular weight excluding hydrogens is 245 g/mol. The van der Waals surface area contributed by atoms with Gasteiger partial charge in [0.1, 0.15) is 12.4 Å². The lowest BCUT2D eigenvalue weighted by Crippen LogP contribution is -2.36. The molecule has 0 spiro atoms. The van der Waals surface area contributed by atoms with Crippen LogP contribution in [0.25, 0.3) is 0 Å². The Kier molecular flexibility index (Phi) is 4.61. The normalized spacial score (nSPS) is 11.9. The second-order valence-corrected chi connectivity index (χ2v) is 4.25. The van der Waals surface area contributed by atoms with Crippen LogP contribution in [0.15, 0.2) is 0 Å². The van der Waals surface area contributed by atoms with Crippen LogP contribution in [-0.2, 0) is 13.6 Å². The van der Waals surface area contributed by atoms with Crippen molar-refractivity contribution in [2.24, 2.45) is 12.8 Å². The molecule has 0 aliphatic rings. The Morgan fingerprint density at radius 1 is 1.39 bits per heavy atom. The predicted molar refractivity (Wildman–Crippen MR) is 64.4 cm³/mol. The molecule has 0 bridgehead atoms. The highest BCUT2D eigenvalue weighted by molar-refractivity contribution is 5.50. The van der Waals surface area contributed by atoms with Gasteiger partial charge in [-0.2, -0.15) is 18.3 Å². The van der Waals surface area contributed by atoms with Crippen LogP contribution >= 0.6 is 0 Å². The number of alkyl halides is 3.